The van der Waals surface area contributed by atoms with Gasteiger partial charge in [0.05, 0.1) is 13.2 Å². The van der Waals surface area contributed by atoms with E-state index < -0.39 is 0 Å². The summed E-state index contributed by atoms with van der Waals surface area (Å²) < 4.78 is 13.3. The molecule has 1 amide bonds. The summed E-state index contributed by atoms with van der Waals surface area (Å²) in [5.41, 5.74) is 0. The lowest BCUT2D eigenvalue weighted by Gasteiger charge is -2.33. The molecule has 23 heavy (non-hydrogen) atoms. The fourth-order valence-electron chi connectivity index (χ4n) is 2.61. The molecule has 1 saturated heterocycles. The minimum Gasteiger partial charge on any atom is -0.422 e. The summed E-state index contributed by atoms with van der Waals surface area (Å²) in [7, 11) is 0. The Morgan fingerprint density at radius 2 is 2.00 bits per heavy atom. The van der Waals surface area contributed by atoms with E-state index in [4.69, 9.17) is 9.15 Å². The van der Waals surface area contributed by atoms with Crippen molar-refractivity contribution in [2.45, 2.75) is 38.8 Å². The van der Waals surface area contributed by atoms with E-state index in [2.05, 4.69) is 10.2 Å². The summed E-state index contributed by atoms with van der Waals surface area (Å²) in [5.74, 6) is 1.28. The van der Waals surface area contributed by atoms with Gasteiger partial charge in [-0.25, -0.2) is 0 Å². The Morgan fingerprint density at radius 1 is 1.26 bits per heavy atom. The lowest BCUT2D eigenvalue weighted by Crippen LogP contribution is -2.44. The van der Waals surface area contributed by atoms with Crippen LogP contribution in [0.25, 0.3) is 0 Å². The molecule has 7 nitrogen and oxygen atoms in total. The highest BCUT2D eigenvalue weighted by molar-refractivity contribution is 5.80. The number of amides is 1. The predicted molar refractivity (Wildman–Crippen MR) is 82.8 cm³/mol. The largest absolute Gasteiger partial charge is 0.422 e. The lowest BCUT2D eigenvalue weighted by molar-refractivity contribution is -0.143. The second kappa shape index (κ2) is 6.54. The zero-order valence-electron chi connectivity index (χ0n) is 13.7. The van der Waals surface area contributed by atoms with E-state index in [9.17, 15) is 4.79 Å². The SMILES string of the molecule is CC(C)c1nnc([C@@H]2CN(C(=O)[C@H](C)n3cccc3)CCO2)o1. The molecule has 0 saturated carbocycles. The van der Waals surface area contributed by atoms with Crippen molar-refractivity contribution >= 4 is 5.91 Å². The molecular weight excluding hydrogens is 296 g/mol. The highest BCUT2D eigenvalue weighted by Gasteiger charge is 2.31. The summed E-state index contributed by atoms with van der Waals surface area (Å²) in [6.07, 6.45) is 3.44. The van der Waals surface area contributed by atoms with Gasteiger partial charge < -0.3 is 18.6 Å². The summed E-state index contributed by atoms with van der Waals surface area (Å²) in [4.78, 5) is 14.5. The lowest BCUT2D eigenvalue weighted by atomic mass is 10.2. The van der Waals surface area contributed by atoms with Crippen LogP contribution in [0.3, 0.4) is 0 Å². The van der Waals surface area contributed by atoms with Crippen molar-refractivity contribution < 1.29 is 13.9 Å². The molecular formula is C16H22N4O3. The van der Waals surface area contributed by atoms with E-state index >= 15 is 0 Å². The van der Waals surface area contributed by atoms with E-state index in [1.165, 1.54) is 0 Å². The van der Waals surface area contributed by atoms with Gasteiger partial charge in [0.15, 0.2) is 6.10 Å². The van der Waals surface area contributed by atoms with Crippen LogP contribution in [0.5, 0.6) is 0 Å². The number of hydrogen-bond donors (Lipinski definition) is 0. The number of nitrogens with zero attached hydrogens (tertiary/aromatic N) is 4. The molecule has 1 aliphatic heterocycles. The fraction of sp³-hybridized carbons (Fsp3) is 0.562. The number of morpholine rings is 1. The Morgan fingerprint density at radius 3 is 2.65 bits per heavy atom. The van der Waals surface area contributed by atoms with E-state index in [0.717, 1.165) is 0 Å². The van der Waals surface area contributed by atoms with E-state index in [1.54, 1.807) is 4.90 Å². The second-order valence-electron chi connectivity index (χ2n) is 6.08. The number of aromatic nitrogens is 3. The van der Waals surface area contributed by atoms with Crippen molar-refractivity contribution in [3.05, 3.63) is 36.3 Å². The van der Waals surface area contributed by atoms with Crippen molar-refractivity contribution in [1.29, 1.82) is 0 Å². The molecule has 0 spiro atoms. The Hall–Kier alpha value is -2.15. The topological polar surface area (TPSA) is 73.4 Å². The monoisotopic (exact) mass is 318 g/mol. The van der Waals surface area contributed by atoms with Gasteiger partial charge in [0.1, 0.15) is 6.04 Å². The zero-order chi connectivity index (χ0) is 16.4. The molecule has 1 fully saturated rings. The highest BCUT2D eigenvalue weighted by atomic mass is 16.5. The average molecular weight is 318 g/mol. The van der Waals surface area contributed by atoms with Gasteiger partial charge in [-0.15, -0.1) is 10.2 Å². The van der Waals surface area contributed by atoms with Gasteiger partial charge in [-0.05, 0) is 19.1 Å². The first-order valence-corrected chi connectivity index (χ1v) is 7.92. The third-order valence-electron chi connectivity index (χ3n) is 4.04. The first-order valence-electron chi connectivity index (χ1n) is 7.92. The first-order chi connectivity index (χ1) is 11.1. The molecule has 3 heterocycles. The molecule has 1 aliphatic rings. The number of carbonyl (C=O) groups excluding carboxylic acids is 1. The Balaban J connectivity index is 1.69. The van der Waals surface area contributed by atoms with Crippen LogP contribution < -0.4 is 0 Å². The maximum absolute atomic E-state index is 12.7. The first kappa shape index (κ1) is 15.7. The summed E-state index contributed by atoms with van der Waals surface area (Å²) in [6, 6.07) is 3.59. The molecule has 124 valence electrons. The van der Waals surface area contributed by atoms with Crippen molar-refractivity contribution in [2.75, 3.05) is 19.7 Å². The predicted octanol–water partition coefficient (Wildman–Crippen LogP) is 2.16. The van der Waals surface area contributed by atoms with E-state index in [1.807, 2.05) is 49.9 Å². The molecule has 0 aliphatic carbocycles. The zero-order valence-corrected chi connectivity index (χ0v) is 13.7. The number of ether oxygens (including phenoxy) is 1. The van der Waals surface area contributed by atoms with Crippen molar-refractivity contribution in [2.24, 2.45) is 0 Å². The molecule has 7 heteroatoms. The van der Waals surface area contributed by atoms with Crippen LogP contribution in [0.4, 0.5) is 0 Å². The average Bonchev–Trinajstić information content (AvgIpc) is 3.25. The van der Waals surface area contributed by atoms with Gasteiger partial charge in [-0.1, -0.05) is 13.8 Å². The number of carbonyl (C=O) groups is 1. The summed E-state index contributed by atoms with van der Waals surface area (Å²) in [6.45, 7) is 7.36. The smallest absolute Gasteiger partial charge is 0.247 e. The van der Waals surface area contributed by atoms with Gasteiger partial charge in [-0.3, -0.25) is 4.79 Å². The van der Waals surface area contributed by atoms with Crippen LogP contribution >= 0.6 is 0 Å². The minimum absolute atomic E-state index is 0.0677. The van der Waals surface area contributed by atoms with Crippen LogP contribution in [0.1, 0.15) is 50.6 Å². The molecule has 0 N–H and O–H groups in total. The third-order valence-corrected chi connectivity index (χ3v) is 4.04. The van der Waals surface area contributed by atoms with Crippen molar-refractivity contribution in [3.8, 4) is 0 Å². The van der Waals surface area contributed by atoms with Crippen LogP contribution in [-0.4, -0.2) is 45.3 Å². The quantitative estimate of drug-likeness (QED) is 0.863. The molecule has 0 bridgehead atoms. The van der Waals surface area contributed by atoms with Crippen LogP contribution in [-0.2, 0) is 9.53 Å². The van der Waals surface area contributed by atoms with Gasteiger partial charge in [0, 0.05) is 24.9 Å². The Labute approximate surface area is 135 Å². The molecule has 2 aromatic heterocycles. The minimum atomic E-state index is -0.357. The van der Waals surface area contributed by atoms with Gasteiger partial charge in [0.2, 0.25) is 17.7 Å². The van der Waals surface area contributed by atoms with Crippen LogP contribution in [0.2, 0.25) is 0 Å². The normalized spacial score (nSPS) is 20.0. The molecule has 3 rings (SSSR count). The summed E-state index contributed by atoms with van der Waals surface area (Å²) >= 11 is 0. The standard InChI is InChI=1S/C16H22N4O3/c1-11(2)14-17-18-15(23-14)13-10-20(8-9-22-13)16(21)12(3)19-6-4-5-7-19/h4-7,11-13H,8-10H2,1-3H3/t12-,13-/m0/s1. The van der Waals surface area contributed by atoms with Gasteiger partial charge >= 0.3 is 0 Å². The van der Waals surface area contributed by atoms with Crippen LogP contribution in [0, 0.1) is 0 Å². The van der Waals surface area contributed by atoms with Crippen LogP contribution in [0.15, 0.2) is 28.9 Å². The van der Waals surface area contributed by atoms with E-state index in [0.29, 0.717) is 31.5 Å². The van der Waals surface area contributed by atoms with Crippen molar-refractivity contribution in [3.63, 3.8) is 0 Å². The molecule has 0 radical (unpaired) electrons. The van der Waals surface area contributed by atoms with E-state index in [-0.39, 0.29) is 24.0 Å². The maximum Gasteiger partial charge on any atom is 0.247 e. The molecule has 2 atom stereocenters. The summed E-state index contributed by atoms with van der Waals surface area (Å²) in [5, 5.41) is 8.10. The maximum atomic E-state index is 12.7. The van der Waals surface area contributed by atoms with Gasteiger partial charge in [-0.2, -0.15) is 0 Å². The Kier molecular flexibility index (Phi) is 4.47. The number of rotatable bonds is 4. The second-order valence-corrected chi connectivity index (χ2v) is 6.08. The molecule has 0 aromatic carbocycles. The Bertz CT molecular complexity index is 650. The van der Waals surface area contributed by atoms with Crippen molar-refractivity contribution in [1.82, 2.24) is 19.7 Å². The molecule has 0 unspecified atom stereocenters. The fourth-order valence-corrected chi connectivity index (χ4v) is 2.61. The third kappa shape index (κ3) is 3.29. The molecule has 2 aromatic rings. The number of hydrogen-bond acceptors (Lipinski definition) is 5. The highest BCUT2D eigenvalue weighted by Crippen LogP contribution is 2.24. The van der Waals surface area contributed by atoms with Gasteiger partial charge in [0.25, 0.3) is 0 Å².